The zero-order valence-electron chi connectivity index (χ0n) is 37.4. The number of aliphatic hydroxyl groups excluding tert-OH is 2. The van der Waals surface area contributed by atoms with E-state index in [0.717, 1.165) is 44.1 Å². The van der Waals surface area contributed by atoms with Gasteiger partial charge < -0.3 is 34.5 Å². The topological polar surface area (TPSA) is 141 Å². The van der Waals surface area contributed by atoms with Gasteiger partial charge in [0.25, 0.3) is 0 Å². The number of rotatable bonds is 6. The Kier molecular flexibility index (Phi) is 29.3. The summed E-state index contributed by atoms with van der Waals surface area (Å²) < 4.78 is 22.6. The minimum Gasteiger partial charge on any atom is -0.497 e. The Morgan fingerprint density at radius 3 is 1.88 bits per heavy atom. The van der Waals surface area contributed by atoms with E-state index in [1.165, 1.54) is 11.8 Å². The van der Waals surface area contributed by atoms with Gasteiger partial charge >= 0.3 is 11.9 Å². The number of methoxy groups -OCH3 is 1. The number of cyclic esters (lactones) is 1. The highest BCUT2D eigenvalue weighted by Gasteiger charge is 2.60. The van der Waals surface area contributed by atoms with Crippen molar-refractivity contribution in [3.05, 3.63) is 29.8 Å². The van der Waals surface area contributed by atoms with Crippen LogP contribution in [0.4, 0.5) is 0 Å². The Morgan fingerprint density at radius 2 is 1.39 bits per heavy atom. The number of hydrogen-bond donors (Lipinski definition) is 3. The Morgan fingerprint density at radius 1 is 0.857 bits per heavy atom. The molecule has 0 saturated carbocycles. The molecule has 12 atom stereocenters. The first kappa shape index (κ1) is 55.5. The maximum atomic E-state index is 13.8. The number of fused-ring (bicyclic) bond motifs is 1. The van der Waals surface area contributed by atoms with Gasteiger partial charge in [0, 0.05) is 43.1 Å². The van der Waals surface area contributed by atoms with E-state index in [-0.39, 0.29) is 35.7 Å². The number of esters is 2. The first-order valence-corrected chi connectivity index (χ1v) is 21.7. The van der Waals surface area contributed by atoms with E-state index in [0.29, 0.717) is 36.5 Å². The van der Waals surface area contributed by atoms with Crippen LogP contribution in [0.15, 0.2) is 24.3 Å². The number of carbonyl (C=O) groups excluding carboxylic acids is 3. The number of Topliss-reactive ketones (excluding diaryl/α,β-unsaturated/α-hetero) is 1. The molecule has 0 spiro atoms. The number of nitrogens with one attached hydrogen (secondary N) is 1. The molecule has 0 aromatic heterocycles. The van der Waals surface area contributed by atoms with Crippen LogP contribution < -0.4 is 10.1 Å². The highest BCUT2D eigenvalue weighted by atomic mass is 32.2. The van der Waals surface area contributed by atoms with Crippen LogP contribution in [-0.4, -0.2) is 84.6 Å². The second-order valence-electron chi connectivity index (χ2n) is 14.8. The van der Waals surface area contributed by atoms with Crippen LogP contribution >= 0.6 is 11.8 Å². The molecule has 3 aliphatic heterocycles. The third-order valence-electron chi connectivity index (χ3n) is 10.5. The van der Waals surface area contributed by atoms with E-state index in [9.17, 15) is 14.4 Å². The minimum absolute atomic E-state index is 0.123. The van der Waals surface area contributed by atoms with E-state index in [1.807, 2.05) is 101 Å². The Hall–Kier alpha value is -2.62. The molecule has 56 heavy (non-hydrogen) atoms. The van der Waals surface area contributed by atoms with Gasteiger partial charge in [0.2, 0.25) is 0 Å². The Labute approximate surface area is 345 Å². The summed E-state index contributed by atoms with van der Waals surface area (Å²) in [6.45, 7) is 24.0. The van der Waals surface area contributed by atoms with Crippen LogP contribution in [-0.2, 0) is 34.3 Å². The van der Waals surface area contributed by atoms with Crippen molar-refractivity contribution >= 4 is 29.5 Å². The number of ketones is 1. The van der Waals surface area contributed by atoms with Gasteiger partial charge in [0.05, 0.1) is 19.1 Å². The van der Waals surface area contributed by atoms with Crippen LogP contribution in [0.2, 0.25) is 0 Å². The molecule has 1 aromatic carbocycles. The van der Waals surface area contributed by atoms with Crippen molar-refractivity contribution in [1.82, 2.24) is 5.32 Å². The first-order valence-electron chi connectivity index (χ1n) is 20.6. The first-order chi connectivity index (χ1) is 26.6. The molecular weight excluding hydrogens is 731 g/mol. The average Bonchev–Trinajstić information content (AvgIpc) is 3.46. The minimum atomic E-state index is -1.09. The quantitative estimate of drug-likeness (QED) is 0.188. The molecule has 0 radical (unpaired) electrons. The lowest BCUT2D eigenvalue weighted by Crippen LogP contribution is -2.52. The maximum Gasteiger partial charge on any atom is 0.320 e. The van der Waals surface area contributed by atoms with Gasteiger partial charge in [-0.3, -0.25) is 14.4 Å². The lowest BCUT2D eigenvalue weighted by Gasteiger charge is -2.40. The van der Waals surface area contributed by atoms with Crippen LogP contribution in [0.3, 0.4) is 0 Å². The van der Waals surface area contributed by atoms with E-state index in [4.69, 9.17) is 29.2 Å². The number of terminal acetylenes is 1. The zero-order chi connectivity index (χ0) is 43.8. The largest absolute Gasteiger partial charge is 0.497 e. The summed E-state index contributed by atoms with van der Waals surface area (Å²) in [5.41, 5.74) is -0.0322. The number of ether oxygens (including phenoxy) is 4. The van der Waals surface area contributed by atoms with Crippen molar-refractivity contribution in [2.24, 2.45) is 35.5 Å². The van der Waals surface area contributed by atoms with Gasteiger partial charge in [-0.1, -0.05) is 81.4 Å². The standard InChI is InChI=1S/C31H46O6S.C7H15NO2.2C2H6.C2H2.CH4O/c1-9-25-31(7)26(28(30(34)37-31)38-17-23-10-12-24(35-8)13-11-23)22(6)27(32)20(4)15-18(2)14-19(3)16-21(5)29(33)36-25;1-5-3-6(8-2)4-7(9)10-5;4*1-2/h10-13,18-22,25-26,28H,9,14-17H2,1-8H3;5-9H,3-4H2,1-2H3;2*1-2H3;1-2H;2H,1H3/t18-,19-,20-,21?,22?,25-,26?,28?,31-;;;;;/m1...../s1. The fraction of sp³-hybridized carbons (Fsp3) is 0.756. The summed E-state index contributed by atoms with van der Waals surface area (Å²) in [6, 6.07) is 8.18. The van der Waals surface area contributed by atoms with E-state index < -0.39 is 35.1 Å². The molecule has 3 N–H and O–H groups in total. The smallest absolute Gasteiger partial charge is 0.320 e. The summed E-state index contributed by atoms with van der Waals surface area (Å²) in [5, 5.41) is 18.7. The Balaban J connectivity index is 0. The molecule has 3 heterocycles. The van der Waals surface area contributed by atoms with Gasteiger partial charge in [0.1, 0.15) is 22.9 Å². The van der Waals surface area contributed by atoms with Crippen molar-refractivity contribution < 1.29 is 43.5 Å². The molecule has 4 rings (SSSR count). The van der Waals surface area contributed by atoms with Crippen LogP contribution in [0.25, 0.3) is 0 Å². The summed E-state index contributed by atoms with van der Waals surface area (Å²) >= 11 is 1.50. The van der Waals surface area contributed by atoms with E-state index in [1.54, 1.807) is 7.11 Å². The van der Waals surface area contributed by atoms with Crippen molar-refractivity contribution in [3.63, 3.8) is 0 Å². The van der Waals surface area contributed by atoms with E-state index in [2.05, 4.69) is 32.0 Å². The lowest BCUT2D eigenvalue weighted by molar-refractivity contribution is -0.183. The summed E-state index contributed by atoms with van der Waals surface area (Å²) in [7, 11) is 4.54. The molecule has 0 aliphatic carbocycles. The lowest BCUT2D eigenvalue weighted by atomic mass is 9.71. The third-order valence-corrected chi connectivity index (χ3v) is 11.8. The molecule has 10 nitrogen and oxygen atoms in total. The number of carbonyl (C=O) groups is 3. The molecule has 0 bridgehead atoms. The third kappa shape index (κ3) is 17.1. The maximum absolute atomic E-state index is 13.8. The molecule has 324 valence electrons. The van der Waals surface area contributed by atoms with Crippen molar-refractivity contribution in [2.45, 2.75) is 163 Å². The van der Waals surface area contributed by atoms with Gasteiger partial charge in [0.15, 0.2) is 11.9 Å². The molecule has 11 heteroatoms. The second-order valence-corrected chi connectivity index (χ2v) is 15.9. The van der Waals surface area contributed by atoms with Crippen molar-refractivity contribution in [1.29, 1.82) is 0 Å². The van der Waals surface area contributed by atoms with Crippen molar-refractivity contribution in [3.8, 4) is 18.6 Å². The van der Waals surface area contributed by atoms with Crippen LogP contribution in [0.1, 0.15) is 127 Å². The monoisotopic (exact) mass is 810 g/mol. The predicted molar refractivity (Wildman–Crippen MR) is 230 cm³/mol. The van der Waals surface area contributed by atoms with Gasteiger partial charge in [-0.15, -0.1) is 24.6 Å². The molecule has 1 aromatic rings. The number of thioether (sulfide) groups is 1. The number of aliphatic hydroxyl groups is 2. The molecule has 0 amide bonds. The molecule has 3 saturated heterocycles. The number of hydrogen-bond acceptors (Lipinski definition) is 11. The second kappa shape index (κ2) is 29.6. The molecule has 3 aliphatic rings. The van der Waals surface area contributed by atoms with Gasteiger partial charge in [-0.2, -0.15) is 0 Å². The summed E-state index contributed by atoms with van der Waals surface area (Å²) in [4.78, 5) is 40.5. The normalized spacial score (nSPS) is 33.0. The highest BCUT2D eigenvalue weighted by Crippen LogP contribution is 2.49. The fourth-order valence-corrected chi connectivity index (χ4v) is 9.51. The Bertz CT molecular complexity index is 1230. The van der Waals surface area contributed by atoms with Gasteiger partial charge in [-0.25, -0.2) is 0 Å². The SMILES string of the molecule is C#C.CC.CC.CC[C@H]1OC(=O)C(C)C[C@H](C)C[C@@H](C)C[C@@H](C)C(=O)C(C)C2C(SCc3ccc(OC)cc3)C(=O)O[C@@]21C.CNC1CC(C)OC(O)C1.CO. The highest BCUT2D eigenvalue weighted by molar-refractivity contribution is 7.99. The van der Waals surface area contributed by atoms with Crippen molar-refractivity contribution in [2.75, 3.05) is 21.3 Å². The predicted octanol–water partition coefficient (Wildman–Crippen LogP) is 8.49. The van der Waals surface area contributed by atoms with Gasteiger partial charge in [-0.05, 0) is 82.5 Å². The number of benzene rings is 1. The summed E-state index contributed by atoms with van der Waals surface area (Å²) in [5.74, 6) is 0.425. The zero-order valence-corrected chi connectivity index (χ0v) is 38.2. The molecule has 7 unspecified atom stereocenters. The van der Waals surface area contributed by atoms with Crippen LogP contribution in [0.5, 0.6) is 5.75 Å². The average molecular weight is 810 g/mol. The summed E-state index contributed by atoms with van der Waals surface area (Å²) in [6.07, 6.45) is 11.7. The van der Waals surface area contributed by atoms with Crippen LogP contribution in [0, 0.1) is 48.4 Å². The van der Waals surface area contributed by atoms with E-state index >= 15 is 0 Å². The molecule has 3 fully saturated rings. The molecular formula is C45H79NO9S. The fourth-order valence-electron chi connectivity index (χ4n) is 8.05.